The highest BCUT2D eigenvalue weighted by atomic mass is 16.5. The van der Waals surface area contributed by atoms with Crippen molar-refractivity contribution in [2.24, 2.45) is 11.3 Å². The summed E-state index contributed by atoms with van der Waals surface area (Å²) < 4.78 is 5.73. The van der Waals surface area contributed by atoms with E-state index in [1.165, 1.54) is 18.0 Å². The first kappa shape index (κ1) is 29.7. The molecule has 0 saturated carbocycles. The third kappa shape index (κ3) is 6.55. The number of benzene rings is 1. The van der Waals surface area contributed by atoms with Crippen molar-refractivity contribution in [1.82, 2.24) is 26.1 Å². The number of aromatic nitrogens is 1. The molecule has 5 atom stereocenters. The van der Waals surface area contributed by atoms with E-state index >= 15 is 0 Å². The number of hydrazine groups is 1. The Morgan fingerprint density at radius 2 is 1.85 bits per heavy atom. The molecule has 41 heavy (non-hydrogen) atoms. The molecular weight excluding hydrogens is 524 g/mol. The van der Waals surface area contributed by atoms with Crippen molar-refractivity contribution >= 4 is 40.7 Å². The Morgan fingerprint density at radius 1 is 1.12 bits per heavy atom. The lowest BCUT2D eigenvalue weighted by Crippen LogP contribution is -2.61. The number of carbonyl (C=O) groups excluding carboxylic acids is 4. The molecular formula is C30H36N6O5. The molecule has 1 aromatic carbocycles. The molecule has 2 aliphatic rings. The molecule has 4 rings (SSSR count). The third-order valence-corrected chi connectivity index (χ3v) is 7.46. The number of esters is 1. The Labute approximate surface area is 239 Å². The molecule has 2 aromatic rings. The van der Waals surface area contributed by atoms with Gasteiger partial charge in [0, 0.05) is 11.9 Å². The average Bonchev–Trinajstić information content (AvgIpc) is 2.96. The Bertz CT molecular complexity index is 1430. The molecule has 5 bridgehead atoms. The fourth-order valence-electron chi connectivity index (χ4n) is 4.76. The highest BCUT2D eigenvalue weighted by Crippen LogP contribution is 2.25. The molecule has 1 aromatic heterocycles. The van der Waals surface area contributed by atoms with Crippen molar-refractivity contribution in [3.05, 3.63) is 47.7 Å². The van der Waals surface area contributed by atoms with E-state index in [9.17, 15) is 24.4 Å². The Hall–Kier alpha value is -4.30. The first-order valence-electron chi connectivity index (χ1n) is 13.8. The minimum atomic E-state index is -1.58. The van der Waals surface area contributed by atoms with Gasteiger partial charge in [-0.25, -0.2) is 10.4 Å². The second kappa shape index (κ2) is 12.1. The van der Waals surface area contributed by atoms with Crippen LogP contribution in [0.5, 0.6) is 0 Å². The summed E-state index contributed by atoms with van der Waals surface area (Å²) in [4.78, 5) is 57.4. The zero-order chi connectivity index (χ0) is 29.9. The van der Waals surface area contributed by atoms with Gasteiger partial charge in [-0.05, 0) is 57.2 Å². The van der Waals surface area contributed by atoms with Gasteiger partial charge in [0.25, 0.3) is 5.91 Å². The maximum absolute atomic E-state index is 13.3. The van der Waals surface area contributed by atoms with Crippen molar-refractivity contribution in [1.29, 1.82) is 5.26 Å². The maximum Gasteiger partial charge on any atom is 0.325 e. The summed E-state index contributed by atoms with van der Waals surface area (Å²) in [7, 11) is 0. The Morgan fingerprint density at radius 3 is 2.56 bits per heavy atom. The maximum atomic E-state index is 13.3. The van der Waals surface area contributed by atoms with Crippen LogP contribution >= 0.6 is 0 Å². The van der Waals surface area contributed by atoms with Crippen LogP contribution in [0.25, 0.3) is 17.0 Å². The number of ether oxygens (including phenoxy) is 1. The lowest BCUT2D eigenvalue weighted by Gasteiger charge is -2.35. The highest BCUT2D eigenvalue weighted by molar-refractivity contribution is 5.95. The van der Waals surface area contributed by atoms with Gasteiger partial charge in [0.2, 0.25) is 11.8 Å². The first-order chi connectivity index (χ1) is 19.4. The zero-order valence-electron chi connectivity index (χ0n) is 23.9. The lowest BCUT2D eigenvalue weighted by molar-refractivity contribution is -0.157. The van der Waals surface area contributed by atoms with Crippen LogP contribution in [0.1, 0.15) is 64.8 Å². The highest BCUT2D eigenvalue weighted by Gasteiger charge is 2.37. The predicted molar refractivity (Wildman–Crippen MR) is 151 cm³/mol. The van der Waals surface area contributed by atoms with E-state index in [1.807, 2.05) is 30.3 Å². The minimum absolute atomic E-state index is 0.329. The fourth-order valence-corrected chi connectivity index (χ4v) is 4.76. The molecule has 2 unspecified atom stereocenters. The van der Waals surface area contributed by atoms with Gasteiger partial charge in [0.1, 0.15) is 24.2 Å². The van der Waals surface area contributed by atoms with E-state index in [0.717, 1.165) is 5.39 Å². The molecule has 3 N–H and O–H groups in total. The smallest absolute Gasteiger partial charge is 0.325 e. The van der Waals surface area contributed by atoms with Crippen LogP contribution in [0.15, 0.2) is 36.4 Å². The minimum Gasteiger partial charge on any atom is -0.455 e. The topological polar surface area (TPSA) is 154 Å². The van der Waals surface area contributed by atoms with Gasteiger partial charge < -0.3 is 15.4 Å². The summed E-state index contributed by atoms with van der Waals surface area (Å²) in [5, 5.41) is 17.5. The number of carbonyl (C=O) groups is 4. The molecule has 1 fully saturated rings. The number of amides is 3. The summed E-state index contributed by atoms with van der Waals surface area (Å²) in [6, 6.07) is 8.59. The van der Waals surface area contributed by atoms with Gasteiger partial charge in [-0.2, -0.15) is 5.26 Å². The molecule has 11 nitrogen and oxygen atoms in total. The predicted octanol–water partition coefficient (Wildman–Crippen LogP) is 2.54. The monoisotopic (exact) mass is 560 g/mol. The molecule has 3 heterocycles. The second-order valence-corrected chi connectivity index (χ2v) is 11.2. The molecule has 0 aliphatic carbocycles. The number of nitrogens with one attached hydrogen (secondary N) is 3. The van der Waals surface area contributed by atoms with Crippen molar-refractivity contribution in [2.45, 2.75) is 71.7 Å². The SMILES string of the molecule is CC(C)C1NC(=O)C(C)(C#N)/C=C/c2ccc3ccc(nc3c2)[C@@H](C)OC(=O)[C@@H]2CCCN(N2)C(=O)[C@H](C)NC1=O. The summed E-state index contributed by atoms with van der Waals surface area (Å²) >= 11 is 0. The molecule has 0 radical (unpaired) electrons. The first-order valence-corrected chi connectivity index (χ1v) is 13.8. The fraction of sp³-hybridized carbons (Fsp3) is 0.467. The van der Waals surface area contributed by atoms with Gasteiger partial charge in [-0.3, -0.25) is 24.2 Å². The van der Waals surface area contributed by atoms with Crippen LogP contribution in [0.4, 0.5) is 0 Å². The van der Waals surface area contributed by atoms with Crippen molar-refractivity contribution in [3.63, 3.8) is 0 Å². The Balaban J connectivity index is 1.73. The van der Waals surface area contributed by atoms with E-state index in [2.05, 4.69) is 21.0 Å². The van der Waals surface area contributed by atoms with Gasteiger partial charge in [-0.1, -0.05) is 44.2 Å². The number of nitrogens with zero attached hydrogens (tertiary/aromatic N) is 3. The number of nitriles is 1. The second-order valence-electron chi connectivity index (χ2n) is 11.2. The molecule has 0 spiro atoms. The van der Waals surface area contributed by atoms with E-state index in [-0.39, 0.29) is 5.92 Å². The largest absolute Gasteiger partial charge is 0.455 e. The van der Waals surface area contributed by atoms with Crippen molar-refractivity contribution in [3.8, 4) is 6.07 Å². The van der Waals surface area contributed by atoms with E-state index in [1.54, 1.807) is 39.8 Å². The number of pyridine rings is 1. The van der Waals surface area contributed by atoms with Gasteiger partial charge in [0.15, 0.2) is 5.41 Å². The summed E-state index contributed by atoms with van der Waals surface area (Å²) in [6.45, 7) is 8.62. The van der Waals surface area contributed by atoms with E-state index in [4.69, 9.17) is 4.74 Å². The zero-order valence-corrected chi connectivity index (χ0v) is 23.9. The summed E-state index contributed by atoms with van der Waals surface area (Å²) in [5.41, 5.74) is 3.29. The van der Waals surface area contributed by atoms with Crippen molar-refractivity contribution in [2.75, 3.05) is 6.54 Å². The summed E-state index contributed by atoms with van der Waals surface area (Å²) in [6.07, 6.45) is 3.55. The van der Waals surface area contributed by atoms with Crippen LogP contribution in [-0.4, -0.2) is 58.4 Å². The number of fused-ring (bicyclic) bond motifs is 4. The number of rotatable bonds is 1. The quantitative estimate of drug-likeness (QED) is 0.450. The van der Waals surface area contributed by atoms with E-state index in [0.29, 0.717) is 36.2 Å². The molecule has 216 valence electrons. The average molecular weight is 561 g/mol. The standard InChI is InChI=1S/C30H36N6O5/c1-17(2)25-26(37)32-18(3)27(38)36-14-6-7-23(35-36)28(39)41-19(4)22-11-10-21-9-8-20(15-24(21)33-22)12-13-30(5,16-31)29(40)34-25/h8-13,15,17-19,23,25,35H,6-7,14H2,1-5H3,(H,32,37)(H,34,40)/b13-12+/t18-,19+,23-,25?,30?/m0/s1. The number of hydrogen-bond donors (Lipinski definition) is 3. The summed E-state index contributed by atoms with van der Waals surface area (Å²) in [5.74, 6) is -2.46. The van der Waals surface area contributed by atoms with Crippen LogP contribution in [0.2, 0.25) is 0 Å². The Kier molecular flexibility index (Phi) is 8.73. The van der Waals surface area contributed by atoms with Crippen LogP contribution in [0, 0.1) is 22.7 Å². The molecule has 3 amide bonds. The lowest BCUT2D eigenvalue weighted by atomic mass is 9.89. The normalized spacial score (nSPS) is 29.0. The molecule has 1 saturated heterocycles. The molecule has 11 heteroatoms. The van der Waals surface area contributed by atoms with Crippen LogP contribution in [0.3, 0.4) is 0 Å². The van der Waals surface area contributed by atoms with Crippen LogP contribution < -0.4 is 16.1 Å². The number of cyclic esters (lactones) is 1. The molecule has 2 aliphatic heterocycles. The number of hydrogen-bond acceptors (Lipinski definition) is 8. The van der Waals surface area contributed by atoms with Gasteiger partial charge in [-0.15, -0.1) is 0 Å². The third-order valence-electron chi connectivity index (χ3n) is 7.46. The van der Waals surface area contributed by atoms with Gasteiger partial charge >= 0.3 is 5.97 Å². The van der Waals surface area contributed by atoms with Gasteiger partial charge in [0.05, 0.1) is 17.3 Å². The van der Waals surface area contributed by atoms with Crippen molar-refractivity contribution < 1.29 is 23.9 Å². The van der Waals surface area contributed by atoms with E-state index < -0.39 is 53.3 Å². The van der Waals surface area contributed by atoms with Crippen LogP contribution in [-0.2, 0) is 23.9 Å².